The maximum atomic E-state index is 5.01. The quantitative estimate of drug-likeness (QED) is 0.457. The number of rotatable bonds is 4. The molecule has 10 heavy (non-hydrogen) atoms. The zero-order chi connectivity index (χ0) is 7.98. The fourth-order valence-corrected chi connectivity index (χ4v) is 0.539. The molecule has 60 valence electrons. The molecule has 0 fully saturated rings. The van der Waals surface area contributed by atoms with E-state index in [1.54, 1.807) is 6.20 Å². The largest absolute Gasteiger partial charge is 0.414 e. The summed E-state index contributed by atoms with van der Waals surface area (Å²) in [6.07, 6.45) is 1.80. The van der Waals surface area contributed by atoms with Gasteiger partial charge in [-0.1, -0.05) is 13.8 Å². The second-order valence-electron chi connectivity index (χ2n) is 2.38. The Bertz CT molecular complexity index is 110. The fraction of sp³-hybridized carbons (Fsp3) is 0.714. The monoisotopic (exact) mass is 144 g/mol. The van der Waals surface area contributed by atoms with Crippen LogP contribution in [0.3, 0.4) is 0 Å². The molecule has 3 nitrogen and oxygen atoms in total. The molecule has 0 aliphatic heterocycles. The lowest BCUT2D eigenvalue weighted by Crippen LogP contribution is -2.11. The highest BCUT2D eigenvalue weighted by Gasteiger charge is 2.01. The van der Waals surface area contributed by atoms with Gasteiger partial charge in [-0.3, -0.25) is 0 Å². The van der Waals surface area contributed by atoms with Crippen LogP contribution in [0.5, 0.6) is 0 Å². The maximum absolute atomic E-state index is 5.01. The van der Waals surface area contributed by atoms with Crippen molar-refractivity contribution >= 4 is 0 Å². The summed E-state index contributed by atoms with van der Waals surface area (Å²) in [6, 6.07) is 0. The van der Waals surface area contributed by atoms with Gasteiger partial charge < -0.3 is 10.2 Å². The van der Waals surface area contributed by atoms with Gasteiger partial charge in [0.05, 0.1) is 0 Å². The van der Waals surface area contributed by atoms with Crippen LogP contribution in [0.4, 0.5) is 0 Å². The molecule has 0 saturated carbocycles. The summed E-state index contributed by atoms with van der Waals surface area (Å²) in [4.78, 5) is 4.61. The van der Waals surface area contributed by atoms with Gasteiger partial charge in [0.1, 0.15) is 5.76 Å². The summed E-state index contributed by atoms with van der Waals surface area (Å²) >= 11 is 0. The van der Waals surface area contributed by atoms with E-state index in [-0.39, 0.29) is 0 Å². The molecule has 0 amide bonds. The van der Waals surface area contributed by atoms with Crippen molar-refractivity contribution in [3.05, 3.63) is 12.0 Å². The van der Waals surface area contributed by atoms with Crippen molar-refractivity contribution in [2.75, 3.05) is 6.54 Å². The molecule has 0 spiro atoms. The van der Waals surface area contributed by atoms with Crippen LogP contribution in [0.1, 0.15) is 20.8 Å². The number of hydrogen-bond acceptors (Lipinski definition) is 3. The normalized spacial score (nSPS) is 11.9. The Morgan fingerprint density at radius 2 is 2.30 bits per heavy atom. The molecular weight excluding hydrogens is 128 g/mol. The highest BCUT2D eigenvalue weighted by atomic mass is 16.6. The van der Waals surface area contributed by atoms with E-state index in [1.165, 1.54) is 0 Å². The standard InChI is InChI=1S/C7H16N2O/c1-4-9-5-7(10-8)6(2)3/h5-6,9H,4,8H2,1-3H3/b7-5-. The number of nitrogens with two attached hydrogens (primary N) is 1. The first-order chi connectivity index (χ1) is 4.72. The third-order valence-electron chi connectivity index (χ3n) is 1.15. The summed E-state index contributed by atoms with van der Waals surface area (Å²) in [5.74, 6) is 6.12. The molecule has 3 N–H and O–H groups in total. The first kappa shape index (κ1) is 9.30. The molecule has 0 aliphatic carbocycles. The Morgan fingerprint density at radius 1 is 1.70 bits per heavy atom. The van der Waals surface area contributed by atoms with Crippen molar-refractivity contribution in [3.63, 3.8) is 0 Å². The number of hydrogen-bond donors (Lipinski definition) is 2. The second kappa shape index (κ2) is 5.11. The van der Waals surface area contributed by atoms with Crippen LogP contribution in [0.2, 0.25) is 0 Å². The van der Waals surface area contributed by atoms with E-state index in [2.05, 4.69) is 10.2 Å². The smallest absolute Gasteiger partial charge is 0.142 e. The molecule has 0 heterocycles. The molecular formula is C7H16N2O. The molecule has 0 aromatic carbocycles. The van der Waals surface area contributed by atoms with Crippen molar-refractivity contribution in [1.29, 1.82) is 0 Å². The van der Waals surface area contributed by atoms with Gasteiger partial charge in [-0.15, -0.1) is 0 Å². The van der Waals surface area contributed by atoms with Crippen LogP contribution in [0.25, 0.3) is 0 Å². The highest BCUT2D eigenvalue weighted by Crippen LogP contribution is 2.06. The minimum absolute atomic E-state index is 0.337. The predicted octanol–water partition coefficient (Wildman–Crippen LogP) is 0.984. The Labute approximate surface area is 62.2 Å². The van der Waals surface area contributed by atoms with E-state index in [4.69, 9.17) is 5.90 Å². The predicted molar refractivity (Wildman–Crippen MR) is 41.9 cm³/mol. The molecule has 3 heteroatoms. The molecule has 0 unspecified atom stereocenters. The lowest BCUT2D eigenvalue weighted by Gasteiger charge is -2.07. The third kappa shape index (κ3) is 3.35. The Morgan fingerprint density at radius 3 is 2.60 bits per heavy atom. The second-order valence-corrected chi connectivity index (χ2v) is 2.38. The van der Waals surface area contributed by atoms with Gasteiger partial charge in [0.2, 0.25) is 0 Å². The molecule has 0 rings (SSSR count). The van der Waals surface area contributed by atoms with Gasteiger partial charge in [0.15, 0.2) is 0 Å². The first-order valence-corrected chi connectivity index (χ1v) is 3.52. The van der Waals surface area contributed by atoms with Gasteiger partial charge in [-0.05, 0) is 6.92 Å². The SMILES string of the molecule is CCN/C=C(\ON)C(C)C. The lowest BCUT2D eigenvalue weighted by molar-refractivity contribution is 0.189. The number of nitrogens with one attached hydrogen (secondary N) is 1. The molecule has 0 radical (unpaired) electrons. The average molecular weight is 144 g/mol. The number of allylic oxidation sites excluding steroid dienone is 1. The van der Waals surface area contributed by atoms with E-state index < -0.39 is 0 Å². The molecule has 0 atom stereocenters. The Hall–Kier alpha value is -0.700. The highest BCUT2D eigenvalue weighted by molar-refractivity contribution is 4.93. The van der Waals surface area contributed by atoms with Crippen LogP contribution in [-0.2, 0) is 4.84 Å². The zero-order valence-corrected chi connectivity index (χ0v) is 6.85. The van der Waals surface area contributed by atoms with E-state index in [0.29, 0.717) is 5.92 Å². The first-order valence-electron chi connectivity index (χ1n) is 3.52. The average Bonchev–Trinajstić information content (AvgIpc) is 1.89. The summed E-state index contributed by atoms with van der Waals surface area (Å²) < 4.78 is 0. The fourth-order valence-electron chi connectivity index (χ4n) is 0.539. The maximum Gasteiger partial charge on any atom is 0.142 e. The van der Waals surface area contributed by atoms with E-state index in [1.807, 2.05) is 20.8 Å². The van der Waals surface area contributed by atoms with E-state index in [9.17, 15) is 0 Å². The Kier molecular flexibility index (Phi) is 4.76. The summed E-state index contributed by atoms with van der Waals surface area (Å²) in [7, 11) is 0. The summed E-state index contributed by atoms with van der Waals surface area (Å²) in [5.41, 5.74) is 0. The third-order valence-corrected chi connectivity index (χ3v) is 1.15. The Balaban J connectivity index is 3.79. The summed E-state index contributed by atoms with van der Waals surface area (Å²) in [5, 5.41) is 3.01. The van der Waals surface area contributed by atoms with Crippen molar-refractivity contribution < 1.29 is 4.84 Å². The molecule has 0 aliphatic rings. The van der Waals surface area contributed by atoms with E-state index >= 15 is 0 Å². The van der Waals surface area contributed by atoms with Crippen LogP contribution in [0, 0.1) is 5.92 Å². The van der Waals surface area contributed by atoms with Crippen molar-refractivity contribution in [3.8, 4) is 0 Å². The van der Waals surface area contributed by atoms with Crippen molar-refractivity contribution in [2.24, 2.45) is 11.8 Å². The van der Waals surface area contributed by atoms with Gasteiger partial charge in [-0.2, -0.15) is 5.90 Å². The van der Waals surface area contributed by atoms with Crippen LogP contribution in [-0.4, -0.2) is 6.54 Å². The van der Waals surface area contributed by atoms with Crippen LogP contribution in [0.15, 0.2) is 12.0 Å². The lowest BCUT2D eigenvalue weighted by atomic mass is 10.2. The molecule has 0 aromatic rings. The minimum atomic E-state index is 0.337. The van der Waals surface area contributed by atoms with Crippen LogP contribution < -0.4 is 11.2 Å². The van der Waals surface area contributed by atoms with Gasteiger partial charge in [0.25, 0.3) is 0 Å². The van der Waals surface area contributed by atoms with Gasteiger partial charge in [0, 0.05) is 18.7 Å². The minimum Gasteiger partial charge on any atom is -0.414 e. The molecule has 0 bridgehead atoms. The van der Waals surface area contributed by atoms with Crippen molar-refractivity contribution in [1.82, 2.24) is 5.32 Å². The topological polar surface area (TPSA) is 47.3 Å². The van der Waals surface area contributed by atoms with Crippen LogP contribution >= 0.6 is 0 Å². The molecule has 0 saturated heterocycles. The van der Waals surface area contributed by atoms with Gasteiger partial charge >= 0.3 is 0 Å². The molecule has 0 aromatic heterocycles. The summed E-state index contributed by atoms with van der Waals surface area (Å²) in [6.45, 7) is 6.95. The van der Waals surface area contributed by atoms with Crippen molar-refractivity contribution in [2.45, 2.75) is 20.8 Å². The van der Waals surface area contributed by atoms with E-state index in [0.717, 1.165) is 12.3 Å². The zero-order valence-electron chi connectivity index (χ0n) is 6.85. The van der Waals surface area contributed by atoms with Gasteiger partial charge in [-0.25, -0.2) is 0 Å².